The van der Waals surface area contributed by atoms with Gasteiger partial charge in [0.15, 0.2) is 0 Å². The van der Waals surface area contributed by atoms with Crippen LogP contribution in [0.4, 0.5) is 5.00 Å². The van der Waals surface area contributed by atoms with E-state index in [1.54, 1.807) is 0 Å². The van der Waals surface area contributed by atoms with Crippen molar-refractivity contribution < 1.29 is 0 Å². The molecule has 1 aliphatic heterocycles. The van der Waals surface area contributed by atoms with Gasteiger partial charge in [-0.3, -0.25) is 0 Å². The second-order valence-electron chi connectivity index (χ2n) is 4.26. The zero-order valence-corrected chi connectivity index (χ0v) is 9.90. The molecule has 1 aliphatic rings. The van der Waals surface area contributed by atoms with Crippen molar-refractivity contribution in [2.75, 3.05) is 18.0 Å². The number of rotatable bonds is 1. The van der Waals surface area contributed by atoms with Crippen LogP contribution < -0.4 is 10.2 Å². The normalized spacial score (nSPS) is 28.1. The standard InChI is InChI=1S/C11H18N2S/c1-8-6-13(7-9(2)12-8)11-5-4-10(3)14-11/h4-5,8-9,12H,6-7H2,1-3H3/t8-,9+. The van der Waals surface area contributed by atoms with Crippen molar-refractivity contribution in [3.8, 4) is 0 Å². The first-order valence-electron chi connectivity index (χ1n) is 5.22. The van der Waals surface area contributed by atoms with Gasteiger partial charge < -0.3 is 10.2 Å². The molecule has 0 radical (unpaired) electrons. The van der Waals surface area contributed by atoms with E-state index in [2.05, 4.69) is 43.1 Å². The van der Waals surface area contributed by atoms with Gasteiger partial charge in [0.1, 0.15) is 0 Å². The van der Waals surface area contributed by atoms with Crippen LogP contribution in [-0.2, 0) is 0 Å². The molecule has 0 aromatic carbocycles. The molecule has 0 saturated carbocycles. The Labute approximate surface area is 89.9 Å². The van der Waals surface area contributed by atoms with Crippen LogP contribution in [0.2, 0.25) is 0 Å². The highest BCUT2D eigenvalue weighted by atomic mass is 32.1. The van der Waals surface area contributed by atoms with Gasteiger partial charge in [0.2, 0.25) is 0 Å². The second-order valence-corrected chi connectivity index (χ2v) is 5.52. The van der Waals surface area contributed by atoms with Crippen molar-refractivity contribution >= 4 is 16.3 Å². The third-order valence-corrected chi connectivity index (χ3v) is 3.66. The molecular formula is C11H18N2S. The van der Waals surface area contributed by atoms with Crippen molar-refractivity contribution in [2.45, 2.75) is 32.9 Å². The number of anilines is 1. The van der Waals surface area contributed by atoms with Crippen LogP contribution in [-0.4, -0.2) is 25.2 Å². The Bertz CT molecular complexity index is 298. The number of aryl methyl sites for hydroxylation is 1. The van der Waals surface area contributed by atoms with Crippen molar-refractivity contribution in [1.29, 1.82) is 0 Å². The van der Waals surface area contributed by atoms with Gasteiger partial charge in [-0.15, -0.1) is 11.3 Å². The fourth-order valence-electron chi connectivity index (χ4n) is 2.10. The summed E-state index contributed by atoms with van der Waals surface area (Å²) in [5, 5.41) is 4.97. The van der Waals surface area contributed by atoms with E-state index in [9.17, 15) is 0 Å². The van der Waals surface area contributed by atoms with Crippen molar-refractivity contribution in [3.05, 3.63) is 17.0 Å². The van der Waals surface area contributed by atoms with Crippen LogP contribution in [0.3, 0.4) is 0 Å². The van der Waals surface area contributed by atoms with Gasteiger partial charge in [-0.2, -0.15) is 0 Å². The Hall–Kier alpha value is -0.540. The third-order valence-electron chi connectivity index (χ3n) is 2.60. The highest BCUT2D eigenvalue weighted by Crippen LogP contribution is 2.26. The van der Waals surface area contributed by atoms with Crippen LogP contribution in [0.5, 0.6) is 0 Å². The molecule has 0 bridgehead atoms. The van der Waals surface area contributed by atoms with Crippen LogP contribution in [0.15, 0.2) is 12.1 Å². The second kappa shape index (κ2) is 3.91. The molecule has 2 nitrogen and oxygen atoms in total. The van der Waals surface area contributed by atoms with Crippen LogP contribution in [0.1, 0.15) is 18.7 Å². The van der Waals surface area contributed by atoms with Gasteiger partial charge in [0.25, 0.3) is 0 Å². The average molecular weight is 210 g/mol. The monoisotopic (exact) mass is 210 g/mol. The van der Waals surface area contributed by atoms with E-state index < -0.39 is 0 Å². The molecule has 0 unspecified atom stereocenters. The molecule has 3 heteroatoms. The molecule has 78 valence electrons. The molecule has 0 aliphatic carbocycles. The maximum Gasteiger partial charge on any atom is 0.0912 e. The van der Waals surface area contributed by atoms with Gasteiger partial charge in [0.05, 0.1) is 5.00 Å². The molecule has 2 atom stereocenters. The van der Waals surface area contributed by atoms with Crippen molar-refractivity contribution in [1.82, 2.24) is 5.32 Å². The number of nitrogens with one attached hydrogen (secondary N) is 1. The smallest absolute Gasteiger partial charge is 0.0912 e. The maximum atomic E-state index is 3.55. The summed E-state index contributed by atoms with van der Waals surface area (Å²) < 4.78 is 0. The largest absolute Gasteiger partial charge is 0.360 e. The summed E-state index contributed by atoms with van der Waals surface area (Å²) in [7, 11) is 0. The first-order valence-corrected chi connectivity index (χ1v) is 6.04. The summed E-state index contributed by atoms with van der Waals surface area (Å²) in [6, 6.07) is 5.64. The van der Waals surface area contributed by atoms with Crippen LogP contribution >= 0.6 is 11.3 Å². The summed E-state index contributed by atoms with van der Waals surface area (Å²) in [6.45, 7) is 8.93. The summed E-state index contributed by atoms with van der Waals surface area (Å²) in [4.78, 5) is 3.89. The minimum atomic E-state index is 0.598. The molecule has 2 rings (SSSR count). The Kier molecular flexibility index (Phi) is 2.79. The fraction of sp³-hybridized carbons (Fsp3) is 0.636. The lowest BCUT2D eigenvalue weighted by Crippen LogP contribution is -2.54. The van der Waals surface area contributed by atoms with Gasteiger partial charge in [0, 0.05) is 30.1 Å². The zero-order valence-electron chi connectivity index (χ0n) is 9.08. The Morgan fingerprint density at radius 2 is 1.93 bits per heavy atom. The maximum absolute atomic E-state index is 3.55. The number of hydrogen-bond acceptors (Lipinski definition) is 3. The highest BCUT2D eigenvalue weighted by molar-refractivity contribution is 7.16. The van der Waals surface area contributed by atoms with E-state index in [1.165, 1.54) is 9.88 Å². The SMILES string of the molecule is Cc1ccc(N2C[C@@H](C)N[C@@H](C)C2)s1. The molecule has 0 spiro atoms. The van der Waals surface area contributed by atoms with E-state index in [1.807, 2.05) is 11.3 Å². The van der Waals surface area contributed by atoms with Gasteiger partial charge in [-0.1, -0.05) is 0 Å². The topological polar surface area (TPSA) is 15.3 Å². The number of nitrogens with zero attached hydrogens (tertiary/aromatic N) is 1. The van der Waals surface area contributed by atoms with Crippen molar-refractivity contribution in [2.24, 2.45) is 0 Å². The van der Waals surface area contributed by atoms with E-state index in [0.29, 0.717) is 12.1 Å². The van der Waals surface area contributed by atoms with E-state index >= 15 is 0 Å². The number of thiophene rings is 1. The summed E-state index contributed by atoms with van der Waals surface area (Å²) in [5.74, 6) is 0. The highest BCUT2D eigenvalue weighted by Gasteiger charge is 2.21. The predicted molar refractivity (Wildman–Crippen MR) is 63.3 cm³/mol. The molecular weight excluding hydrogens is 192 g/mol. The first-order chi connectivity index (χ1) is 6.65. The minimum absolute atomic E-state index is 0.598. The zero-order chi connectivity index (χ0) is 10.1. The lowest BCUT2D eigenvalue weighted by Gasteiger charge is -2.36. The molecule has 1 aromatic heterocycles. The molecule has 1 fully saturated rings. The summed E-state index contributed by atoms with van der Waals surface area (Å²) >= 11 is 1.90. The molecule has 14 heavy (non-hydrogen) atoms. The minimum Gasteiger partial charge on any atom is -0.360 e. The number of piperazine rings is 1. The molecule has 0 amide bonds. The third kappa shape index (κ3) is 2.10. The molecule has 1 aromatic rings. The van der Waals surface area contributed by atoms with Crippen LogP contribution in [0, 0.1) is 6.92 Å². The lowest BCUT2D eigenvalue weighted by atomic mass is 10.1. The van der Waals surface area contributed by atoms with Gasteiger partial charge in [-0.25, -0.2) is 0 Å². The van der Waals surface area contributed by atoms with Crippen LogP contribution in [0.25, 0.3) is 0 Å². The number of hydrogen-bond donors (Lipinski definition) is 1. The Morgan fingerprint density at radius 3 is 2.43 bits per heavy atom. The fourth-order valence-corrected chi connectivity index (χ4v) is 2.98. The van der Waals surface area contributed by atoms with Crippen molar-refractivity contribution in [3.63, 3.8) is 0 Å². The lowest BCUT2D eigenvalue weighted by molar-refractivity contribution is 0.408. The average Bonchev–Trinajstić information content (AvgIpc) is 2.50. The van der Waals surface area contributed by atoms with E-state index in [-0.39, 0.29) is 0 Å². The molecule has 1 N–H and O–H groups in total. The Morgan fingerprint density at radius 1 is 1.29 bits per heavy atom. The van der Waals surface area contributed by atoms with E-state index in [0.717, 1.165) is 13.1 Å². The summed E-state index contributed by atoms with van der Waals surface area (Å²) in [6.07, 6.45) is 0. The summed E-state index contributed by atoms with van der Waals surface area (Å²) in [5.41, 5.74) is 0. The predicted octanol–water partition coefficient (Wildman–Crippen LogP) is 2.24. The molecule has 1 saturated heterocycles. The quantitative estimate of drug-likeness (QED) is 0.765. The molecule has 2 heterocycles. The first kappa shape index (κ1) is 9.99. The van der Waals surface area contributed by atoms with Gasteiger partial charge >= 0.3 is 0 Å². The van der Waals surface area contributed by atoms with Gasteiger partial charge in [-0.05, 0) is 32.9 Å². The van der Waals surface area contributed by atoms with E-state index in [4.69, 9.17) is 0 Å². The Balaban J connectivity index is 2.10.